The first-order valence-corrected chi connectivity index (χ1v) is 16.7. The zero-order chi connectivity index (χ0) is 31.0. The highest BCUT2D eigenvalue weighted by Gasteiger charge is 2.19. The van der Waals surface area contributed by atoms with Crippen molar-refractivity contribution in [2.24, 2.45) is 0 Å². The number of anilines is 3. The second-order valence-electron chi connectivity index (χ2n) is 11.6. The molecule has 0 fully saturated rings. The van der Waals surface area contributed by atoms with E-state index < -0.39 is 0 Å². The Morgan fingerprint density at radius 1 is 0.587 bits per heavy atom. The fraction of sp³-hybridized carbons (Fsp3) is 0.0714. The molecule has 0 saturated heterocycles. The SMILES string of the molecule is CCC.c1ccc(N(c2ccc(-n3c4cccnc4c4c5sc6ccccc6c5ccc43)cc2)c2ccc3ccccc3c2)cc1. The molecule has 9 rings (SSSR count). The molecule has 3 heterocycles. The summed E-state index contributed by atoms with van der Waals surface area (Å²) in [6.07, 6.45) is 3.16. The molecule has 0 saturated carbocycles. The van der Waals surface area contributed by atoms with Crippen LogP contribution in [0.3, 0.4) is 0 Å². The first-order chi connectivity index (χ1) is 22.7. The van der Waals surface area contributed by atoms with Crippen LogP contribution in [0, 0.1) is 0 Å². The standard InChI is InChI=1S/C39H25N3S.C3H8/c1-2-11-28(12-3-1)41(31-17-16-26-9-4-5-10-27(26)25-31)29-18-20-30(21-19-29)42-34-23-22-33-32-13-6-7-15-36(32)43-39(33)37(34)38-35(42)14-8-24-40-38;1-3-2/h1-25H;3H2,1-2H3. The molecule has 46 heavy (non-hydrogen) atoms. The van der Waals surface area contributed by atoms with E-state index >= 15 is 0 Å². The molecule has 0 bridgehead atoms. The van der Waals surface area contributed by atoms with E-state index in [9.17, 15) is 0 Å². The van der Waals surface area contributed by atoms with Gasteiger partial charge in [-0.2, -0.15) is 0 Å². The molecule has 3 nitrogen and oxygen atoms in total. The average Bonchev–Trinajstić information content (AvgIpc) is 3.65. The van der Waals surface area contributed by atoms with Gasteiger partial charge in [-0.1, -0.05) is 93.1 Å². The van der Waals surface area contributed by atoms with E-state index in [1.54, 1.807) is 0 Å². The Kier molecular flexibility index (Phi) is 7.20. The second-order valence-corrected chi connectivity index (χ2v) is 12.6. The molecular weight excluding hydrogens is 579 g/mol. The van der Waals surface area contributed by atoms with Crippen molar-refractivity contribution >= 4 is 81.3 Å². The van der Waals surface area contributed by atoms with Gasteiger partial charge in [-0.05, 0) is 83.6 Å². The summed E-state index contributed by atoms with van der Waals surface area (Å²) in [6, 6.07) is 52.1. The van der Waals surface area contributed by atoms with Crippen LogP contribution in [0.5, 0.6) is 0 Å². The number of aromatic nitrogens is 2. The lowest BCUT2D eigenvalue weighted by Crippen LogP contribution is -2.10. The third-order valence-corrected chi connectivity index (χ3v) is 9.61. The summed E-state index contributed by atoms with van der Waals surface area (Å²) >= 11 is 1.86. The van der Waals surface area contributed by atoms with Crippen molar-refractivity contribution in [1.82, 2.24) is 9.55 Å². The number of fused-ring (bicyclic) bond motifs is 8. The van der Waals surface area contributed by atoms with Gasteiger partial charge in [0.15, 0.2) is 0 Å². The summed E-state index contributed by atoms with van der Waals surface area (Å²) in [5, 5.41) is 6.29. The topological polar surface area (TPSA) is 21.1 Å². The van der Waals surface area contributed by atoms with Gasteiger partial charge in [-0.15, -0.1) is 11.3 Å². The molecule has 222 valence electrons. The van der Waals surface area contributed by atoms with Crippen LogP contribution in [-0.4, -0.2) is 9.55 Å². The van der Waals surface area contributed by atoms with E-state index in [0.717, 1.165) is 33.8 Å². The van der Waals surface area contributed by atoms with Crippen LogP contribution >= 0.6 is 11.3 Å². The molecule has 4 heteroatoms. The van der Waals surface area contributed by atoms with Crippen LogP contribution in [0.1, 0.15) is 20.3 Å². The highest BCUT2D eigenvalue weighted by Crippen LogP contribution is 2.43. The van der Waals surface area contributed by atoms with Crippen LogP contribution in [0.25, 0.3) is 58.6 Å². The van der Waals surface area contributed by atoms with Crippen molar-refractivity contribution in [1.29, 1.82) is 0 Å². The van der Waals surface area contributed by atoms with Crippen molar-refractivity contribution in [3.8, 4) is 5.69 Å². The maximum atomic E-state index is 4.90. The number of hydrogen-bond acceptors (Lipinski definition) is 3. The Morgan fingerprint density at radius 3 is 2.11 bits per heavy atom. The third kappa shape index (κ3) is 4.70. The molecule has 9 aromatic rings. The van der Waals surface area contributed by atoms with Gasteiger partial charge in [0.05, 0.1) is 16.6 Å². The summed E-state index contributed by atoms with van der Waals surface area (Å²) in [6.45, 7) is 4.25. The van der Waals surface area contributed by atoms with E-state index in [1.807, 2.05) is 23.6 Å². The molecule has 0 unspecified atom stereocenters. The smallest absolute Gasteiger partial charge is 0.0977 e. The Morgan fingerprint density at radius 2 is 1.28 bits per heavy atom. The Bertz CT molecular complexity index is 2470. The summed E-state index contributed by atoms with van der Waals surface area (Å²) < 4.78 is 4.96. The Hall–Kier alpha value is -5.45. The molecule has 6 aromatic carbocycles. The monoisotopic (exact) mass is 611 g/mol. The average molecular weight is 612 g/mol. The molecule has 0 aliphatic rings. The molecule has 0 aliphatic heterocycles. The first kappa shape index (κ1) is 28.1. The van der Waals surface area contributed by atoms with Crippen molar-refractivity contribution < 1.29 is 0 Å². The fourth-order valence-corrected chi connectivity index (χ4v) is 7.71. The van der Waals surface area contributed by atoms with Gasteiger partial charge in [0.2, 0.25) is 0 Å². The summed E-state index contributed by atoms with van der Waals surface area (Å²) in [7, 11) is 0. The van der Waals surface area contributed by atoms with Crippen LogP contribution < -0.4 is 4.90 Å². The summed E-state index contributed by atoms with van der Waals surface area (Å²) in [5.41, 5.74) is 7.81. The third-order valence-electron chi connectivity index (χ3n) is 8.40. The van der Waals surface area contributed by atoms with Crippen LogP contribution in [-0.2, 0) is 0 Å². The van der Waals surface area contributed by atoms with Gasteiger partial charge >= 0.3 is 0 Å². The number of hydrogen-bond donors (Lipinski definition) is 0. The van der Waals surface area contributed by atoms with Crippen molar-refractivity contribution in [2.45, 2.75) is 20.3 Å². The van der Waals surface area contributed by atoms with Crippen molar-refractivity contribution in [3.63, 3.8) is 0 Å². The van der Waals surface area contributed by atoms with Crippen LogP contribution in [0.4, 0.5) is 17.1 Å². The van der Waals surface area contributed by atoms with Gasteiger partial charge in [-0.3, -0.25) is 4.98 Å². The van der Waals surface area contributed by atoms with E-state index in [4.69, 9.17) is 4.98 Å². The van der Waals surface area contributed by atoms with E-state index in [2.05, 4.69) is 163 Å². The van der Waals surface area contributed by atoms with Gasteiger partial charge in [0.25, 0.3) is 0 Å². The first-order valence-electron chi connectivity index (χ1n) is 15.9. The lowest BCUT2D eigenvalue weighted by Gasteiger charge is -2.26. The largest absolute Gasteiger partial charge is 0.310 e. The predicted octanol–water partition coefficient (Wildman–Crippen LogP) is 12.6. The van der Waals surface area contributed by atoms with E-state index in [0.29, 0.717) is 0 Å². The predicted molar refractivity (Wildman–Crippen MR) is 200 cm³/mol. The van der Waals surface area contributed by atoms with Crippen LogP contribution in [0.2, 0.25) is 0 Å². The molecular formula is C42H33N3S. The molecule has 3 aromatic heterocycles. The van der Waals surface area contributed by atoms with Gasteiger partial charge in [0.1, 0.15) is 0 Å². The minimum atomic E-state index is 1.04. The molecule has 0 atom stereocenters. The minimum absolute atomic E-state index is 1.04. The lowest BCUT2D eigenvalue weighted by molar-refractivity contribution is 1.09. The number of para-hydroxylation sites is 1. The van der Waals surface area contributed by atoms with Gasteiger partial charge < -0.3 is 9.47 Å². The fourth-order valence-electron chi connectivity index (χ4n) is 6.46. The van der Waals surface area contributed by atoms with Gasteiger partial charge in [0, 0.05) is 54.5 Å². The molecule has 0 radical (unpaired) electrons. The highest BCUT2D eigenvalue weighted by molar-refractivity contribution is 7.26. The molecule has 0 N–H and O–H groups in total. The minimum Gasteiger partial charge on any atom is -0.310 e. The zero-order valence-corrected chi connectivity index (χ0v) is 26.7. The Labute approximate surface area is 272 Å². The quantitative estimate of drug-likeness (QED) is 0.197. The zero-order valence-electron chi connectivity index (χ0n) is 25.9. The molecule has 0 amide bonds. The van der Waals surface area contributed by atoms with Crippen molar-refractivity contribution in [2.75, 3.05) is 4.90 Å². The Balaban J connectivity index is 0.00000100. The summed E-state index contributed by atoms with van der Waals surface area (Å²) in [5.74, 6) is 0. The van der Waals surface area contributed by atoms with Crippen molar-refractivity contribution in [3.05, 3.63) is 152 Å². The highest BCUT2D eigenvalue weighted by atomic mass is 32.1. The lowest BCUT2D eigenvalue weighted by atomic mass is 10.1. The van der Waals surface area contributed by atoms with E-state index in [-0.39, 0.29) is 0 Å². The number of pyridine rings is 1. The number of benzene rings is 6. The normalized spacial score (nSPS) is 11.3. The number of nitrogens with zero attached hydrogens (tertiary/aromatic N) is 3. The number of rotatable bonds is 4. The maximum absolute atomic E-state index is 4.90. The van der Waals surface area contributed by atoms with Crippen LogP contribution in [0.15, 0.2) is 152 Å². The summed E-state index contributed by atoms with van der Waals surface area (Å²) in [4.78, 5) is 7.23. The number of thiophene rings is 1. The molecule has 0 spiro atoms. The second kappa shape index (κ2) is 11.8. The van der Waals surface area contributed by atoms with E-state index in [1.165, 1.54) is 48.3 Å². The van der Waals surface area contributed by atoms with Gasteiger partial charge in [-0.25, -0.2) is 0 Å². The molecule has 0 aliphatic carbocycles. The maximum Gasteiger partial charge on any atom is 0.0977 e.